The largest absolute Gasteiger partial charge is 0.145 e. The van der Waals surface area contributed by atoms with Gasteiger partial charge in [0, 0.05) is 9.75 Å². The van der Waals surface area contributed by atoms with Crippen LogP contribution in [0.4, 0.5) is 0 Å². The maximum Gasteiger partial charge on any atom is 0.00794 e. The van der Waals surface area contributed by atoms with Crippen molar-refractivity contribution in [1.82, 2.24) is 0 Å². The zero-order valence-electron chi connectivity index (χ0n) is 7.84. The monoisotopic (exact) mass is 180 g/mol. The molecule has 0 aliphatic rings. The molecule has 0 aromatic carbocycles. The Morgan fingerprint density at radius 1 is 1.58 bits per heavy atom. The molecular weight excluding hydrogens is 164 g/mol. The average Bonchev–Trinajstić information content (AvgIpc) is 2.52. The molecular formula is C11H16S. The lowest BCUT2D eigenvalue weighted by molar-refractivity contribution is 0.799. The van der Waals surface area contributed by atoms with Crippen LogP contribution in [0.25, 0.3) is 0 Å². The molecule has 0 N–H and O–H groups in total. The number of rotatable bonds is 4. The smallest absolute Gasteiger partial charge is 0.00794 e. The van der Waals surface area contributed by atoms with E-state index in [1.807, 2.05) is 17.4 Å². The molecule has 0 aliphatic carbocycles. The van der Waals surface area contributed by atoms with Crippen LogP contribution >= 0.6 is 11.3 Å². The van der Waals surface area contributed by atoms with E-state index in [0.717, 1.165) is 12.8 Å². The van der Waals surface area contributed by atoms with E-state index >= 15 is 0 Å². The van der Waals surface area contributed by atoms with E-state index in [1.165, 1.54) is 9.75 Å². The summed E-state index contributed by atoms with van der Waals surface area (Å²) < 4.78 is 0. The highest BCUT2D eigenvalue weighted by atomic mass is 32.1. The van der Waals surface area contributed by atoms with Crippen molar-refractivity contribution < 1.29 is 0 Å². The second-order valence-electron chi connectivity index (χ2n) is 3.08. The first-order valence-corrected chi connectivity index (χ1v) is 5.29. The van der Waals surface area contributed by atoms with Crippen LogP contribution in [0.15, 0.2) is 24.8 Å². The number of aryl methyl sites for hydroxylation is 1. The predicted molar refractivity (Wildman–Crippen MR) is 56.9 cm³/mol. The van der Waals surface area contributed by atoms with Gasteiger partial charge in [0.2, 0.25) is 0 Å². The summed E-state index contributed by atoms with van der Waals surface area (Å²) in [6, 6.07) is 4.48. The Hall–Kier alpha value is -0.560. The Balaban J connectivity index is 2.67. The van der Waals surface area contributed by atoms with Crippen molar-refractivity contribution in [3.05, 3.63) is 34.5 Å². The Labute approximate surface area is 78.9 Å². The third kappa shape index (κ3) is 2.21. The van der Waals surface area contributed by atoms with Crippen molar-refractivity contribution in [2.24, 2.45) is 0 Å². The summed E-state index contributed by atoms with van der Waals surface area (Å²) in [4.78, 5) is 2.98. The van der Waals surface area contributed by atoms with Gasteiger partial charge in [0.15, 0.2) is 0 Å². The highest BCUT2D eigenvalue weighted by molar-refractivity contribution is 7.12. The summed E-state index contributed by atoms with van der Waals surface area (Å²) in [5.74, 6) is 0.646. The van der Waals surface area contributed by atoms with E-state index in [-0.39, 0.29) is 0 Å². The maximum atomic E-state index is 3.76. The van der Waals surface area contributed by atoms with Crippen molar-refractivity contribution in [2.45, 2.75) is 32.6 Å². The molecule has 66 valence electrons. The van der Waals surface area contributed by atoms with E-state index in [2.05, 4.69) is 32.6 Å². The Kier molecular flexibility index (Phi) is 3.54. The fourth-order valence-electron chi connectivity index (χ4n) is 1.22. The van der Waals surface area contributed by atoms with Crippen LogP contribution in [-0.2, 0) is 6.42 Å². The topological polar surface area (TPSA) is 0 Å². The van der Waals surface area contributed by atoms with Gasteiger partial charge in [0.05, 0.1) is 0 Å². The number of hydrogen-bond donors (Lipinski definition) is 0. The van der Waals surface area contributed by atoms with Crippen LogP contribution < -0.4 is 0 Å². The summed E-state index contributed by atoms with van der Waals surface area (Å²) in [5, 5.41) is 0. The fraction of sp³-hybridized carbons (Fsp3) is 0.455. The summed E-state index contributed by atoms with van der Waals surface area (Å²) in [6.07, 6.45) is 4.24. The van der Waals surface area contributed by atoms with E-state index in [1.54, 1.807) is 0 Å². The lowest BCUT2D eigenvalue weighted by Gasteiger charge is -2.03. The van der Waals surface area contributed by atoms with Crippen molar-refractivity contribution in [3.8, 4) is 0 Å². The minimum atomic E-state index is 0.646. The molecule has 1 atom stereocenters. The third-order valence-corrected chi connectivity index (χ3v) is 3.50. The summed E-state index contributed by atoms with van der Waals surface area (Å²) >= 11 is 1.93. The first-order chi connectivity index (χ1) is 5.77. The predicted octanol–water partition coefficient (Wildman–Crippen LogP) is 3.99. The quantitative estimate of drug-likeness (QED) is 0.615. The molecule has 0 nitrogen and oxygen atoms in total. The van der Waals surface area contributed by atoms with Crippen molar-refractivity contribution in [3.63, 3.8) is 0 Å². The minimum absolute atomic E-state index is 0.646. The van der Waals surface area contributed by atoms with Crippen LogP contribution in [0, 0.1) is 0 Å². The first-order valence-electron chi connectivity index (χ1n) is 4.47. The molecule has 12 heavy (non-hydrogen) atoms. The molecule has 1 rings (SSSR count). The van der Waals surface area contributed by atoms with Crippen LogP contribution in [0.1, 0.15) is 35.9 Å². The second-order valence-corrected chi connectivity index (χ2v) is 4.28. The van der Waals surface area contributed by atoms with E-state index in [9.17, 15) is 0 Å². The third-order valence-electron chi connectivity index (χ3n) is 2.04. The van der Waals surface area contributed by atoms with Gasteiger partial charge in [-0.1, -0.05) is 19.9 Å². The maximum absolute atomic E-state index is 3.76. The lowest BCUT2D eigenvalue weighted by atomic mass is 10.1. The van der Waals surface area contributed by atoms with Gasteiger partial charge in [0.25, 0.3) is 0 Å². The average molecular weight is 180 g/mol. The molecule has 1 heteroatoms. The Morgan fingerprint density at radius 2 is 2.33 bits per heavy atom. The van der Waals surface area contributed by atoms with Crippen LogP contribution in [0.5, 0.6) is 0 Å². The standard InChI is InChI=1S/C11H16S/c1-4-6-9(3)11-8-7-10(5-2)12-11/h4,7-9H,1,5-6H2,2-3H3. The summed E-state index contributed by atoms with van der Waals surface area (Å²) in [7, 11) is 0. The molecule has 0 saturated heterocycles. The Bertz CT molecular complexity index is 247. The van der Waals surface area contributed by atoms with Gasteiger partial charge in [-0.25, -0.2) is 0 Å². The molecule has 0 bridgehead atoms. The normalized spacial score (nSPS) is 12.8. The van der Waals surface area contributed by atoms with Crippen molar-refractivity contribution in [1.29, 1.82) is 0 Å². The van der Waals surface area contributed by atoms with E-state index in [0.29, 0.717) is 5.92 Å². The molecule has 1 heterocycles. The van der Waals surface area contributed by atoms with Crippen LogP contribution in [0.2, 0.25) is 0 Å². The number of hydrogen-bond acceptors (Lipinski definition) is 1. The molecule has 0 fully saturated rings. The minimum Gasteiger partial charge on any atom is -0.145 e. The fourth-order valence-corrected chi connectivity index (χ4v) is 2.23. The zero-order valence-corrected chi connectivity index (χ0v) is 8.66. The number of allylic oxidation sites excluding steroid dienone is 1. The van der Waals surface area contributed by atoms with E-state index < -0.39 is 0 Å². The molecule has 0 aliphatic heterocycles. The van der Waals surface area contributed by atoms with Crippen LogP contribution in [0.3, 0.4) is 0 Å². The van der Waals surface area contributed by atoms with Gasteiger partial charge >= 0.3 is 0 Å². The van der Waals surface area contributed by atoms with Gasteiger partial charge in [-0.2, -0.15) is 0 Å². The molecule has 0 saturated carbocycles. The summed E-state index contributed by atoms with van der Waals surface area (Å²) in [6.45, 7) is 8.22. The van der Waals surface area contributed by atoms with Crippen molar-refractivity contribution in [2.75, 3.05) is 0 Å². The number of thiophene rings is 1. The molecule has 0 spiro atoms. The first kappa shape index (κ1) is 9.53. The molecule has 0 radical (unpaired) electrons. The van der Waals surface area contributed by atoms with Crippen molar-refractivity contribution >= 4 is 11.3 Å². The van der Waals surface area contributed by atoms with E-state index in [4.69, 9.17) is 0 Å². The van der Waals surface area contributed by atoms with Gasteiger partial charge < -0.3 is 0 Å². The highest BCUT2D eigenvalue weighted by Gasteiger charge is 2.05. The van der Waals surface area contributed by atoms with Gasteiger partial charge in [0.1, 0.15) is 0 Å². The van der Waals surface area contributed by atoms with Gasteiger partial charge in [-0.3, -0.25) is 0 Å². The lowest BCUT2D eigenvalue weighted by Crippen LogP contribution is -1.85. The van der Waals surface area contributed by atoms with Gasteiger partial charge in [-0.15, -0.1) is 17.9 Å². The molecule has 1 aromatic heterocycles. The molecule has 1 unspecified atom stereocenters. The van der Waals surface area contributed by atoms with Crippen LogP contribution in [-0.4, -0.2) is 0 Å². The second kappa shape index (κ2) is 4.46. The highest BCUT2D eigenvalue weighted by Crippen LogP contribution is 2.27. The van der Waals surface area contributed by atoms with Gasteiger partial charge in [-0.05, 0) is 30.9 Å². The Morgan fingerprint density at radius 3 is 2.83 bits per heavy atom. The molecule has 1 aromatic rings. The zero-order chi connectivity index (χ0) is 8.97. The summed E-state index contributed by atoms with van der Waals surface area (Å²) in [5.41, 5.74) is 0. The SMILES string of the molecule is C=CCC(C)c1ccc(CC)s1. The molecule has 0 amide bonds.